The van der Waals surface area contributed by atoms with Crippen molar-refractivity contribution in [1.29, 1.82) is 0 Å². The molecule has 0 radical (unpaired) electrons. The van der Waals surface area contributed by atoms with E-state index in [-0.39, 0.29) is 23.2 Å². The molecular weight excluding hydrogens is 322 g/mol. The van der Waals surface area contributed by atoms with E-state index in [1.54, 1.807) is 6.20 Å². The van der Waals surface area contributed by atoms with Crippen LogP contribution in [-0.4, -0.2) is 33.6 Å². The molecule has 0 bridgehead atoms. The van der Waals surface area contributed by atoms with E-state index < -0.39 is 4.92 Å². The zero-order chi connectivity index (χ0) is 17.8. The Balaban J connectivity index is 1.91. The number of rotatable bonds is 5. The number of nitro groups is 1. The summed E-state index contributed by atoms with van der Waals surface area (Å²) in [5, 5.41) is 21.6. The summed E-state index contributed by atoms with van der Waals surface area (Å²) in [6.45, 7) is 1.29. The Morgan fingerprint density at radius 3 is 2.96 bits per heavy atom. The number of nitrogens with zero attached hydrogens (tertiary/aromatic N) is 3. The number of benzene rings is 1. The standard InChI is InChI=1S/C18H21N3O4/c1-25-17-10-15(21(23)24)9-14(18(17)22)12-20-8-3-2-6-16(20)13-5-4-7-19-11-13/h4-5,7,9-11,16,22H,2-3,6,8,12H2,1H3/t16-/m1/s1. The van der Waals surface area contributed by atoms with E-state index in [9.17, 15) is 15.2 Å². The molecule has 1 fully saturated rings. The van der Waals surface area contributed by atoms with E-state index in [1.807, 2.05) is 18.3 Å². The fourth-order valence-electron chi connectivity index (χ4n) is 3.38. The van der Waals surface area contributed by atoms with Gasteiger partial charge in [-0.2, -0.15) is 0 Å². The van der Waals surface area contributed by atoms with Crippen molar-refractivity contribution in [3.8, 4) is 11.5 Å². The predicted octanol–water partition coefficient (Wildman–Crippen LogP) is 3.43. The molecule has 1 saturated heterocycles. The maximum atomic E-state index is 11.2. The number of non-ortho nitro benzene ring substituents is 1. The lowest BCUT2D eigenvalue weighted by molar-refractivity contribution is -0.385. The molecule has 1 aliphatic rings. The summed E-state index contributed by atoms with van der Waals surface area (Å²) in [6, 6.07) is 6.81. The Kier molecular flexibility index (Phi) is 5.14. The number of phenolic OH excluding ortho intramolecular Hbond substituents is 1. The van der Waals surface area contributed by atoms with Crippen LogP contribution in [0.5, 0.6) is 11.5 Å². The second-order valence-corrected chi connectivity index (χ2v) is 6.18. The number of hydrogen-bond acceptors (Lipinski definition) is 6. The van der Waals surface area contributed by atoms with Gasteiger partial charge in [-0.1, -0.05) is 12.5 Å². The van der Waals surface area contributed by atoms with E-state index in [4.69, 9.17) is 4.74 Å². The van der Waals surface area contributed by atoms with Crippen molar-refractivity contribution in [2.24, 2.45) is 0 Å². The Bertz CT molecular complexity index is 751. The summed E-state index contributed by atoms with van der Waals surface area (Å²) >= 11 is 0. The zero-order valence-electron chi connectivity index (χ0n) is 14.1. The highest BCUT2D eigenvalue weighted by Crippen LogP contribution is 2.38. The predicted molar refractivity (Wildman–Crippen MR) is 92.6 cm³/mol. The Labute approximate surface area is 146 Å². The summed E-state index contributed by atoms with van der Waals surface area (Å²) in [4.78, 5) is 17.1. The molecule has 0 unspecified atom stereocenters. The maximum absolute atomic E-state index is 11.2. The summed E-state index contributed by atoms with van der Waals surface area (Å²) in [7, 11) is 1.39. The van der Waals surface area contributed by atoms with Gasteiger partial charge in [-0.25, -0.2) is 0 Å². The Morgan fingerprint density at radius 2 is 2.28 bits per heavy atom. The normalized spacial score (nSPS) is 18.0. The van der Waals surface area contributed by atoms with Crippen molar-refractivity contribution < 1.29 is 14.8 Å². The SMILES string of the molecule is COc1cc([N+](=O)[O-])cc(CN2CCCC[C@@H]2c2cccnc2)c1O. The molecule has 3 rings (SSSR count). The van der Waals surface area contributed by atoms with Crippen LogP contribution < -0.4 is 4.74 Å². The van der Waals surface area contributed by atoms with Crippen LogP contribution in [-0.2, 0) is 6.54 Å². The molecule has 1 aromatic carbocycles. The third-order valence-electron chi connectivity index (χ3n) is 4.63. The number of phenols is 1. The van der Waals surface area contributed by atoms with Gasteiger partial charge in [-0.15, -0.1) is 0 Å². The molecule has 0 spiro atoms. The molecule has 7 nitrogen and oxygen atoms in total. The summed E-state index contributed by atoms with van der Waals surface area (Å²) in [5.74, 6) is 0.0859. The van der Waals surface area contributed by atoms with Crippen molar-refractivity contribution in [2.45, 2.75) is 31.8 Å². The first kappa shape index (κ1) is 17.2. The zero-order valence-corrected chi connectivity index (χ0v) is 14.1. The van der Waals surface area contributed by atoms with Crippen molar-refractivity contribution in [3.05, 3.63) is 57.9 Å². The lowest BCUT2D eigenvalue weighted by Crippen LogP contribution is -2.33. The molecule has 2 aromatic rings. The maximum Gasteiger partial charge on any atom is 0.273 e. The molecule has 0 aliphatic carbocycles. The molecule has 1 N–H and O–H groups in total. The van der Waals surface area contributed by atoms with Gasteiger partial charge in [0.2, 0.25) is 0 Å². The summed E-state index contributed by atoms with van der Waals surface area (Å²) < 4.78 is 5.09. The monoisotopic (exact) mass is 343 g/mol. The van der Waals surface area contributed by atoms with Crippen molar-refractivity contribution in [1.82, 2.24) is 9.88 Å². The Morgan fingerprint density at radius 1 is 1.44 bits per heavy atom. The van der Waals surface area contributed by atoms with Crippen molar-refractivity contribution in [2.75, 3.05) is 13.7 Å². The van der Waals surface area contributed by atoms with Gasteiger partial charge in [0.1, 0.15) is 0 Å². The first-order valence-electron chi connectivity index (χ1n) is 8.28. The highest BCUT2D eigenvalue weighted by atomic mass is 16.6. The topological polar surface area (TPSA) is 88.7 Å². The van der Waals surface area contributed by atoms with E-state index in [0.717, 1.165) is 31.4 Å². The minimum Gasteiger partial charge on any atom is -0.504 e. The van der Waals surface area contributed by atoms with Crippen LogP contribution in [0.2, 0.25) is 0 Å². The fourth-order valence-corrected chi connectivity index (χ4v) is 3.38. The molecule has 25 heavy (non-hydrogen) atoms. The molecule has 1 atom stereocenters. The van der Waals surface area contributed by atoms with E-state index in [2.05, 4.69) is 9.88 Å². The fraction of sp³-hybridized carbons (Fsp3) is 0.389. The van der Waals surface area contributed by atoms with Gasteiger partial charge < -0.3 is 9.84 Å². The van der Waals surface area contributed by atoms with E-state index in [1.165, 1.54) is 19.2 Å². The second kappa shape index (κ2) is 7.48. The lowest BCUT2D eigenvalue weighted by atomic mass is 9.95. The molecule has 0 saturated carbocycles. The van der Waals surface area contributed by atoms with Crippen LogP contribution in [0.3, 0.4) is 0 Å². The molecule has 7 heteroatoms. The highest BCUT2D eigenvalue weighted by molar-refractivity contribution is 5.53. The summed E-state index contributed by atoms with van der Waals surface area (Å²) in [5.41, 5.74) is 1.54. The van der Waals surface area contributed by atoms with Crippen LogP contribution in [0.4, 0.5) is 5.69 Å². The number of aromatic nitrogens is 1. The number of aromatic hydroxyl groups is 1. The average Bonchev–Trinajstić information content (AvgIpc) is 2.64. The highest BCUT2D eigenvalue weighted by Gasteiger charge is 2.26. The average molecular weight is 343 g/mol. The van der Waals surface area contributed by atoms with Crippen LogP contribution in [0.25, 0.3) is 0 Å². The number of piperidine rings is 1. The minimum absolute atomic E-state index is 0.0383. The molecule has 1 aliphatic heterocycles. The lowest BCUT2D eigenvalue weighted by Gasteiger charge is -2.36. The number of nitro benzene ring substituents is 1. The van der Waals surface area contributed by atoms with Gasteiger partial charge in [-0.05, 0) is 31.0 Å². The van der Waals surface area contributed by atoms with Crippen LogP contribution in [0.15, 0.2) is 36.7 Å². The molecule has 132 valence electrons. The molecular formula is C18H21N3O4. The number of ether oxygens (including phenoxy) is 1. The number of pyridine rings is 1. The molecule has 0 amide bonds. The van der Waals surface area contributed by atoms with Gasteiger partial charge in [0.05, 0.1) is 18.1 Å². The summed E-state index contributed by atoms with van der Waals surface area (Å²) in [6.07, 6.45) is 6.78. The molecule has 2 heterocycles. The van der Waals surface area contributed by atoms with Crippen molar-refractivity contribution >= 4 is 5.69 Å². The van der Waals surface area contributed by atoms with Gasteiger partial charge in [-0.3, -0.25) is 20.0 Å². The smallest absolute Gasteiger partial charge is 0.273 e. The quantitative estimate of drug-likeness (QED) is 0.661. The number of hydrogen-bond donors (Lipinski definition) is 1. The van der Waals surface area contributed by atoms with Gasteiger partial charge in [0.15, 0.2) is 11.5 Å². The van der Waals surface area contributed by atoms with Crippen LogP contribution >= 0.6 is 0 Å². The number of likely N-dealkylation sites (tertiary alicyclic amines) is 1. The first-order chi connectivity index (χ1) is 12.1. The third kappa shape index (κ3) is 3.71. The van der Waals surface area contributed by atoms with Crippen LogP contribution in [0.1, 0.15) is 36.4 Å². The second-order valence-electron chi connectivity index (χ2n) is 6.18. The van der Waals surface area contributed by atoms with Crippen molar-refractivity contribution in [3.63, 3.8) is 0 Å². The Hall–Kier alpha value is -2.67. The largest absolute Gasteiger partial charge is 0.504 e. The van der Waals surface area contributed by atoms with Crippen LogP contribution in [0, 0.1) is 10.1 Å². The minimum atomic E-state index is -0.472. The van der Waals surface area contributed by atoms with E-state index in [0.29, 0.717) is 12.1 Å². The van der Waals surface area contributed by atoms with Gasteiger partial charge in [0, 0.05) is 36.6 Å². The number of methoxy groups -OCH3 is 1. The first-order valence-corrected chi connectivity index (χ1v) is 8.28. The van der Waals surface area contributed by atoms with E-state index >= 15 is 0 Å². The molecule has 1 aromatic heterocycles. The van der Waals surface area contributed by atoms with Gasteiger partial charge in [0.25, 0.3) is 5.69 Å². The third-order valence-corrected chi connectivity index (χ3v) is 4.63. The van der Waals surface area contributed by atoms with Gasteiger partial charge >= 0.3 is 0 Å².